The van der Waals surface area contributed by atoms with Crippen LogP contribution < -0.4 is 4.90 Å². The average Bonchev–Trinajstić information content (AvgIpc) is 3.95. The first-order valence-electron chi connectivity index (χ1n) is 18.2. The third kappa shape index (κ3) is 3.34. The third-order valence-electron chi connectivity index (χ3n) is 11.7. The van der Waals surface area contributed by atoms with Crippen LogP contribution in [-0.2, 0) is 0 Å². The van der Waals surface area contributed by atoms with Crippen LogP contribution >= 0.6 is 0 Å². The van der Waals surface area contributed by atoms with Crippen molar-refractivity contribution in [1.29, 1.82) is 0 Å². The number of fused-ring (bicyclic) bond motifs is 17. The molecule has 0 aliphatic carbocycles. The highest BCUT2D eigenvalue weighted by atomic mass is 15.2. The van der Waals surface area contributed by atoms with Crippen LogP contribution in [0.25, 0.3) is 97.9 Å². The number of benzene rings is 8. The Balaban J connectivity index is 1.27. The molecule has 8 aromatic carbocycles. The van der Waals surface area contributed by atoms with E-state index in [-0.39, 0.29) is 0 Å². The van der Waals surface area contributed by atoms with E-state index in [1.54, 1.807) is 0 Å². The third-order valence-corrected chi connectivity index (χ3v) is 11.7. The number of hydrogen-bond donors (Lipinski definition) is 0. The van der Waals surface area contributed by atoms with Crippen molar-refractivity contribution in [2.24, 2.45) is 0 Å². The molecule has 13 rings (SSSR count). The van der Waals surface area contributed by atoms with Crippen molar-refractivity contribution in [1.82, 2.24) is 13.8 Å². The molecule has 0 saturated heterocycles. The molecule has 0 unspecified atom stereocenters. The molecule has 13 aromatic rings. The van der Waals surface area contributed by atoms with Gasteiger partial charge in [-0.1, -0.05) is 133 Å². The zero-order chi connectivity index (χ0) is 34.4. The summed E-state index contributed by atoms with van der Waals surface area (Å²) in [5.41, 5.74) is 10.4. The molecule has 0 bridgehead atoms. The van der Waals surface area contributed by atoms with E-state index in [9.17, 15) is 0 Å². The molecule has 5 aromatic heterocycles. The van der Waals surface area contributed by atoms with Crippen molar-refractivity contribution < 1.29 is 0 Å². The van der Waals surface area contributed by atoms with Crippen LogP contribution in [0.5, 0.6) is 0 Å². The van der Waals surface area contributed by atoms with Gasteiger partial charge in [-0.05, 0) is 46.5 Å². The predicted octanol–water partition coefficient (Wildman–Crippen LogP) is 13.2. The molecule has 0 N–H and O–H groups in total. The number of hydrogen-bond acceptors (Lipinski definition) is 2. The van der Waals surface area contributed by atoms with Crippen molar-refractivity contribution in [3.8, 4) is 0 Å². The quantitative estimate of drug-likeness (QED) is 0.187. The fourth-order valence-electron chi connectivity index (χ4n) is 9.71. The lowest BCUT2D eigenvalue weighted by molar-refractivity contribution is 1.24. The minimum absolute atomic E-state index is 0.986. The van der Waals surface area contributed by atoms with Crippen molar-refractivity contribution in [2.45, 2.75) is 0 Å². The van der Waals surface area contributed by atoms with Gasteiger partial charge in [-0.15, -0.1) is 0 Å². The van der Waals surface area contributed by atoms with E-state index in [0.717, 1.165) is 33.7 Å². The van der Waals surface area contributed by atoms with Gasteiger partial charge in [-0.3, -0.25) is 4.40 Å². The molecule has 0 amide bonds. The summed E-state index contributed by atoms with van der Waals surface area (Å²) in [4.78, 5) is 7.89. The average molecular weight is 673 g/mol. The maximum atomic E-state index is 5.48. The Bertz CT molecular complexity index is 3580. The normalized spacial score (nSPS) is 12.5. The van der Waals surface area contributed by atoms with E-state index in [0.29, 0.717) is 0 Å². The molecular weight excluding hydrogens is 645 g/mol. The van der Waals surface area contributed by atoms with Gasteiger partial charge in [0.2, 0.25) is 0 Å². The number of nitrogens with zero attached hydrogens (tertiary/aromatic N) is 4. The van der Waals surface area contributed by atoms with Gasteiger partial charge in [0.1, 0.15) is 5.65 Å². The first kappa shape index (κ1) is 27.5. The van der Waals surface area contributed by atoms with Gasteiger partial charge < -0.3 is 9.30 Å². The standard InChI is InChI=1S/C49H28N4/c1-3-15-31(16-4-1)51(32-17-5-2-6-18-32)40-27-30-14-8-9-19-33(30)42-37-22-12-24-39-44-43-38-23-11-21-35-36-26-25-29-13-7-10-20-34(29)45(36)52(46(35)38)41(43)28-50-49(44)53(47(37)39)48(40)42/h1-28H. The number of anilines is 3. The summed E-state index contributed by atoms with van der Waals surface area (Å²) in [6.07, 6.45) is 2.13. The Morgan fingerprint density at radius 2 is 0.925 bits per heavy atom. The van der Waals surface area contributed by atoms with Crippen LogP contribution in [0.2, 0.25) is 0 Å². The second kappa shape index (κ2) is 9.78. The van der Waals surface area contributed by atoms with E-state index >= 15 is 0 Å². The maximum Gasteiger partial charge on any atom is 0.146 e. The smallest absolute Gasteiger partial charge is 0.146 e. The molecule has 5 heterocycles. The fourth-order valence-corrected chi connectivity index (χ4v) is 9.71. The number of para-hydroxylation sites is 4. The van der Waals surface area contributed by atoms with E-state index < -0.39 is 0 Å². The molecule has 0 spiro atoms. The van der Waals surface area contributed by atoms with Gasteiger partial charge in [0.05, 0.1) is 39.5 Å². The molecule has 4 nitrogen and oxygen atoms in total. The Kier molecular flexibility index (Phi) is 5.08. The summed E-state index contributed by atoms with van der Waals surface area (Å²) in [6.45, 7) is 0. The van der Waals surface area contributed by atoms with Crippen LogP contribution in [0.4, 0.5) is 17.1 Å². The summed E-state index contributed by atoms with van der Waals surface area (Å²) in [5, 5.41) is 15.0. The molecule has 53 heavy (non-hydrogen) atoms. The first-order valence-corrected chi connectivity index (χ1v) is 18.2. The zero-order valence-electron chi connectivity index (χ0n) is 28.5. The fraction of sp³-hybridized carbons (Fsp3) is 0. The Labute approximate surface area is 302 Å². The minimum Gasteiger partial charge on any atom is -0.308 e. The minimum atomic E-state index is 0.986. The van der Waals surface area contributed by atoms with E-state index in [1.165, 1.54) is 81.2 Å². The van der Waals surface area contributed by atoms with Gasteiger partial charge in [0.15, 0.2) is 0 Å². The lowest BCUT2D eigenvalue weighted by atomic mass is 9.99. The van der Waals surface area contributed by atoms with Crippen LogP contribution in [0.1, 0.15) is 0 Å². The second-order valence-corrected chi connectivity index (χ2v) is 14.3. The molecule has 244 valence electrons. The Morgan fingerprint density at radius 3 is 1.68 bits per heavy atom. The van der Waals surface area contributed by atoms with Crippen LogP contribution in [-0.4, -0.2) is 13.8 Å². The van der Waals surface area contributed by atoms with E-state index in [2.05, 4.69) is 184 Å². The summed E-state index contributed by atoms with van der Waals surface area (Å²) in [6, 6.07) is 59.6. The molecule has 0 fully saturated rings. The summed E-state index contributed by atoms with van der Waals surface area (Å²) in [5.74, 6) is 0. The Hall–Kier alpha value is -7.17. The van der Waals surface area contributed by atoms with Crippen LogP contribution in [0.3, 0.4) is 0 Å². The highest BCUT2D eigenvalue weighted by Crippen LogP contribution is 2.50. The molecular formula is C49H28N4. The monoisotopic (exact) mass is 672 g/mol. The predicted molar refractivity (Wildman–Crippen MR) is 223 cm³/mol. The highest BCUT2D eigenvalue weighted by Gasteiger charge is 2.28. The molecule has 0 saturated carbocycles. The lowest BCUT2D eigenvalue weighted by Crippen LogP contribution is -2.11. The van der Waals surface area contributed by atoms with Crippen LogP contribution in [0.15, 0.2) is 170 Å². The molecule has 0 radical (unpaired) electrons. The SMILES string of the molecule is c1ccc(N(c2ccccc2)c2cc3ccccc3c3c4cccc5c6c7c8cccc9c%10ccc%11ccccc%11c%10n(c7cnc6n(c23)c54)c98)cc1. The largest absolute Gasteiger partial charge is 0.308 e. The van der Waals surface area contributed by atoms with Crippen molar-refractivity contribution in [3.05, 3.63) is 170 Å². The topological polar surface area (TPSA) is 24.9 Å². The number of rotatable bonds is 3. The molecule has 0 aliphatic heterocycles. The highest BCUT2D eigenvalue weighted by molar-refractivity contribution is 6.37. The number of aromatic nitrogens is 3. The van der Waals surface area contributed by atoms with Gasteiger partial charge in [-0.25, -0.2) is 4.98 Å². The molecule has 4 heteroatoms. The summed E-state index contributed by atoms with van der Waals surface area (Å²) >= 11 is 0. The van der Waals surface area contributed by atoms with Gasteiger partial charge in [-0.2, -0.15) is 0 Å². The maximum absolute atomic E-state index is 5.48. The van der Waals surface area contributed by atoms with Crippen molar-refractivity contribution in [2.75, 3.05) is 4.90 Å². The van der Waals surface area contributed by atoms with Crippen LogP contribution in [0, 0.1) is 0 Å². The van der Waals surface area contributed by atoms with Crippen molar-refractivity contribution in [3.63, 3.8) is 0 Å². The second-order valence-electron chi connectivity index (χ2n) is 14.3. The first-order chi connectivity index (χ1) is 26.3. The van der Waals surface area contributed by atoms with Gasteiger partial charge in [0.25, 0.3) is 0 Å². The molecule has 0 atom stereocenters. The summed E-state index contributed by atoms with van der Waals surface area (Å²) < 4.78 is 4.96. The van der Waals surface area contributed by atoms with Gasteiger partial charge in [0, 0.05) is 59.9 Å². The number of pyridine rings is 1. The zero-order valence-corrected chi connectivity index (χ0v) is 28.5. The van der Waals surface area contributed by atoms with E-state index in [4.69, 9.17) is 4.98 Å². The lowest BCUT2D eigenvalue weighted by Gasteiger charge is -2.27. The van der Waals surface area contributed by atoms with Gasteiger partial charge >= 0.3 is 0 Å². The summed E-state index contributed by atoms with van der Waals surface area (Å²) in [7, 11) is 0. The van der Waals surface area contributed by atoms with E-state index in [1.807, 2.05) is 0 Å². The Morgan fingerprint density at radius 1 is 0.377 bits per heavy atom. The molecule has 0 aliphatic rings. The van der Waals surface area contributed by atoms with Crippen molar-refractivity contribution >= 4 is 115 Å².